The number of anilines is 1. The molecule has 0 aromatic heterocycles. The molecule has 6 nitrogen and oxygen atoms in total. The Morgan fingerprint density at radius 3 is 2.62 bits per heavy atom. The topological polar surface area (TPSA) is 87.7 Å². The lowest BCUT2D eigenvalue weighted by Gasteiger charge is -2.24. The van der Waals surface area contributed by atoms with Crippen LogP contribution in [0.5, 0.6) is 0 Å². The molecule has 0 fully saturated rings. The van der Waals surface area contributed by atoms with E-state index in [1.165, 1.54) is 0 Å². The first-order valence-electron chi connectivity index (χ1n) is 6.47. The first kappa shape index (κ1) is 16.9. The minimum atomic E-state index is -1.20. The highest BCUT2D eigenvalue weighted by atomic mass is 19.1. The van der Waals surface area contributed by atoms with Gasteiger partial charge in [-0.25, -0.2) is 14.0 Å². The number of nitrogens with one attached hydrogen (secondary N) is 2. The Bertz CT molecular complexity index is 532. The molecule has 1 aromatic rings. The van der Waals surface area contributed by atoms with E-state index in [4.69, 9.17) is 9.84 Å². The van der Waals surface area contributed by atoms with Crippen LogP contribution in [0.25, 0.3) is 0 Å². The number of carboxylic acid groups (broad SMARTS) is 1. The number of aromatic carboxylic acids is 1. The molecule has 0 aliphatic carbocycles. The summed E-state index contributed by atoms with van der Waals surface area (Å²) in [7, 11) is 0. The van der Waals surface area contributed by atoms with Crippen LogP contribution < -0.4 is 10.6 Å². The SMILES string of the molecule is CCOC(C)(C)CNC(=O)Nc1cc(C(=O)O)ccc1F. The third-order valence-corrected chi connectivity index (χ3v) is 2.67. The van der Waals surface area contributed by atoms with E-state index in [1.807, 2.05) is 20.8 Å². The van der Waals surface area contributed by atoms with Gasteiger partial charge in [0, 0.05) is 13.2 Å². The molecule has 2 amide bonds. The summed E-state index contributed by atoms with van der Waals surface area (Å²) in [5.74, 6) is -1.91. The minimum Gasteiger partial charge on any atom is -0.478 e. The summed E-state index contributed by atoms with van der Waals surface area (Å²) in [5.41, 5.74) is -0.851. The van der Waals surface area contributed by atoms with Crippen molar-refractivity contribution >= 4 is 17.7 Å². The van der Waals surface area contributed by atoms with Gasteiger partial charge < -0.3 is 20.5 Å². The third kappa shape index (κ3) is 5.39. The van der Waals surface area contributed by atoms with Crippen molar-refractivity contribution in [1.82, 2.24) is 5.32 Å². The van der Waals surface area contributed by atoms with Crippen LogP contribution in [0.3, 0.4) is 0 Å². The normalized spacial score (nSPS) is 11.0. The zero-order chi connectivity index (χ0) is 16.0. The maximum atomic E-state index is 13.5. The summed E-state index contributed by atoms with van der Waals surface area (Å²) in [6.07, 6.45) is 0. The molecule has 0 unspecified atom stereocenters. The van der Waals surface area contributed by atoms with Gasteiger partial charge in [0.1, 0.15) is 5.82 Å². The Hall–Kier alpha value is -2.15. The highest BCUT2D eigenvalue weighted by Gasteiger charge is 2.19. The van der Waals surface area contributed by atoms with E-state index in [0.29, 0.717) is 6.61 Å². The number of halogens is 1. The number of rotatable bonds is 6. The third-order valence-electron chi connectivity index (χ3n) is 2.67. The molecule has 0 atom stereocenters. The molecular weight excluding hydrogens is 279 g/mol. The number of carbonyl (C=O) groups is 2. The van der Waals surface area contributed by atoms with Gasteiger partial charge in [0.15, 0.2) is 0 Å². The Kier molecular flexibility index (Phi) is 5.66. The van der Waals surface area contributed by atoms with Crippen LogP contribution in [0.2, 0.25) is 0 Å². The molecule has 0 radical (unpaired) electrons. The first-order chi connectivity index (χ1) is 9.75. The van der Waals surface area contributed by atoms with Gasteiger partial charge in [-0.2, -0.15) is 0 Å². The zero-order valence-corrected chi connectivity index (χ0v) is 12.2. The van der Waals surface area contributed by atoms with Gasteiger partial charge in [0.05, 0.1) is 16.9 Å². The van der Waals surface area contributed by atoms with E-state index in [0.717, 1.165) is 18.2 Å². The molecule has 0 spiro atoms. The summed E-state index contributed by atoms with van der Waals surface area (Å²) in [6.45, 7) is 6.19. The average Bonchev–Trinajstić information content (AvgIpc) is 2.39. The van der Waals surface area contributed by atoms with E-state index < -0.39 is 23.4 Å². The van der Waals surface area contributed by atoms with E-state index in [2.05, 4.69) is 10.6 Å². The summed E-state index contributed by atoms with van der Waals surface area (Å²) in [4.78, 5) is 22.5. The maximum Gasteiger partial charge on any atom is 0.335 e. The minimum absolute atomic E-state index is 0.110. The monoisotopic (exact) mass is 298 g/mol. The van der Waals surface area contributed by atoms with Crippen molar-refractivity contribution in [2.24, 2.45) is 0 Å². The number of carboxylic acids is 1. The van der Waals surface area contributed by atoms with Gasteiger partial charge in [-0.3, -0.25) is 0 Å². The summed E-state index contributed by atoms with van der Waals surface area (Å²) in [6, 6.07) is 2.54. The zero-order valence-electron chi connectivity index (χ0n) is 12.2. The van der Waals surface area contributed by atoms with Gasteiger partial charge >= 0.3 is 12.0 Å². The quantitative estimate of drug-likeness (QED) is 0.753. The standard InChI is InChI=1S/C14H19FN2O4/c1-4-21-14(2,3)8-16-13(20)17-11-7-9(12(18)19)5-6-10(11)15/h5-7H,4,8H2,1-3H3,(H,18,19)(H2,16,17,20). The smallest absolute Gasteiger partial charge is 0.335 e. The number of ether oxygens (including phenoxy) is 1. The van der Waals surface area contributed by atoms with Crippen molar-refractivity contribution in [3.05, 3.63) is 29.6 Å². The summed E-state index contributed by atoms with van der Waals surface area (Å²) in [5, 5.41) is 13.7. The summed E-state index contributed by atoms with van der Waals surface area (Å²) < 4.78 is 18.9. The molecule has 116 valence electrons. The van der Waals surface area contributed by atoms with Crippen LogP contribution in [0.15, 0.2) is 18.2 Å². The van der Waals surface area contributed by atoms with E-state index in [1.54, 1.807) is 0 Å². The Morgan fingerprint density at radius 2 is 2.05 bits per heavy atom. The number of urea groups is 1. The van der Waals surface area contributed by atoms with Crippen LogP contribution in [-0.4, -0.2) is 35.9 Å². The molecular formula is C14H19FN2O4. The van der Waals surface area contributed by atoms with Crippen LogP contribution in [0.1, 0.15) is 31.1 Å². The van der Waals surface area contributed by atoms with Crippen molar-refractivity contribution < 1.29 is 23.8 Å². The van der Waals surface area contributed by atoms with Gasteiger partial charge in [-0.15, -0.1) is 0 Å². The van der Waals surface area contributed by atoms with E-state index in [9.17, 15) is 14.0 Å². The van der Waals surface area contributed by atoms with Gasteiger partial charge in [-0.05, 0) is 39.0 Å². The fourth-order valence-corrected chi connectivity index (χ4v) is 1.66. The highest BCUT2D eigenvalue weighted by Crippen LogP contribution is 2.16. The Labute approximate surface area is 122 Å². The number of hydrogen-bond acceptors (Lipinski definition) is 3. The molecule has 1 aromatic carbocycles. The van der Waals surface area contributed by atoms with Crippen LogP contribution in [0.4, 0.5) is 14.9 Å². The Balaban J connectivity index is 2.67. The van der Waals surface area contributed by atoms with Crippen molar-refractivity contribution in [2.45, 2.75) is 26.4 Å². The van der Waals surface area contributed by atoms with Crippen molar-refractivity contribution in [1.29, 1.82) is 0 Å². The lowest BCUT2D eigenvalue weighted by Crippen LogP contribution is -2.42. The largest absolute Gasteiger partial charge is 0.478 e. The molecule has 0 aliphatic heterocycles. The van der Waals surface area contributed by atoms with Gasteiger partial charge in [0.2, 0.25) is 0 Å². The molecule has 0 saturated heterocycles. The van der Waals surface area contributed by atoms with Crippen LogP contribution in [0, 0.1) is 5.82 Å². The number of benzene rings is 1. The van der Waals surface area contributed by atoms with Crippen molar-refractivity contribution in [2.75, 3.05) is 18.5 Å². The Morgan fingerprint density at radius 1 is 1.38 bits per heavy atom. The molecule has 0 aliphatic rings. The fraction of sp³-hybridized carbons (Fsp3) is 0.429. The number of hydrogen-bond donors (Lipinski definition) is 3. The predicted octanol–water partition coefficient (Wildman–Crippen LogP) is 2.46. The number of amides is 2. The lowest BCUT2D eigenvalue weighted by atomic mass is 10.1. The second kappa shape index (κ2) is 7.03. The summed E-state index contributed by atoms with van der Waals surface area (Å²) >= 11 is 0. The lowest BCUT2D eigenvalue weighted by molar-refractivity contribution is -0.00663. The van der Waals surface area contributed by atoms with Crippen LogP contribution in [-0.2, 0) is 4.74 Å². The second-order valence-corrected chi connectivity index (χ2v) is 5.00. The molecule has 1 rings (SSSR count). The van der Waals surface area contributed by atoms with Crippen LogP contribution >= 0.6 is 0 Å². The number of carbonyl (C=O) groups excluding carboxylic acids is 1. The van der Waals surface area contributed by atoms with E-state index in [-0.39, 0.29) is 17.8 Å². The second-order valence-electron chi connectivity index (χ2n) is 5.00. The van der Waals surface area contributed by atoms with Crippen molar-refractivity contribution in [3.63, 3.8) is 0 Å². The molecule has 0 bridgehead atoms. The molecule has 0 saturated carbocycles. The van der Waals surface area contributed by atoms with Crippen molar-refractivity contribution in [3.8, 4) is 0 Å². The molecule has 0 heterocycles. The molecule has 7 heteroatoms. The average molecular weight is 298 g/mol. The fourth-order valence-electron chi connectivity index (χ4n) is 1.66. The first-order valence-corrected chi connectivity index (χ1v) is 6.47. The van der Waals surface area contributed by atoms with Gasteiger partial charge in [-0.1, -0.05) is 0 Å². The highest BCUT2D eigenvalue weighted by molar-refractivity contribution is 5.93. The van der Waals surface area contributed by atoms with E-state index >= 15 is 0 Å². The van der Waals surface area contributed by atoms with Gasteiger partial charge in [0.25, 0.3) is 0 Å². The molecule has 21 heavy (non-hydrogen) atoms. The molecule has 3 N–H and O–H groups in total. The predicted molar refractivity (Wildman–Crippen MR) is 76.1 cm³/mol. The maximum absolute atomic E-state index is 13.5.